The fourth-order valence-corrected chi connectivity index (χ4v) is 4.05. The van der Waals surface area contributed by atoms with Crippen LogP contribution in [0.4, 0.5) is 8.78 Å². The molecule has 2 aliphatic rings. The van der Waals surface area contributed by atoms with Gasteiger partial charge in [-0.3, -0.25) is 0 Å². The maximum atomic E-state index is 13.3. The van der Waals surface area contributed by atoms with Crippen LogP contribution in [0, 0.1) is 0 Å². The molecule has 6 heteroatoms. The summed E-state index contributed by atoms with van der Waals surface area (Å²) in [5.41, 5.74) is 2.46. The molecule has 0 bridgehead atoms. The second-order valence-electron chi connectivity index (χ2n) is 7.83. The lowest BCUT2D eigenvalue weighted by atomic mass is 9.95. The molecule has 1 saturated heterocycles. The van der Waals surface area contributed by atoms with E-state index in [0.29, 0.717) is 26.2 Å². The number of aliphatic hydroxyl groups is 1. The van der Waals surface area contributed by atoms with Crippen LogP contribution in [0.25, 0.3) is 16.3 Å². The van der Waals surface area contributed by atoms with Crippen molar-refractivity contribution in [2.45, 2.75) is 31.3 Å². The van der Waals surface area contributed by atoms with Crippen molar-refractivity contribution >= 4 is 16.3 Å². The van der Waals surface area contributed by atoms with Crippen molar-refractivity contribution in [1.29, 1.82) is 0 Å². The summed E-state index contributed by atoms with van der Waals surface area (Å²) in [7, 11) is 0. The first kappa shape index (κ1) is 20.3. The van der Waals surface area contributed by atoms with Gasteiger partial charge in [-0.05, 0) is 29.0 Å². The molecule has 0 saturated carbocycles. The Morgan fingerprint density at radius 3 is 2.59 bits per heavy atom. The van der Waals surface area contributed by atoms with Crippen LogP contribution in [0.3, 0.4) is 0 Å². The molecule has 29 heavy (non-hydrogen) atoms. The van der Waals surface area contributed by atoms with Crippen LogP contribution in [-0.2, 0) is 4.74 Å². The first-order valence-electron chi connectivity index (χ1n) is 10.2. The molecule has 2 heterocycles. The molecule has 1 atom stereocenters. The molecule has 0 aromatic heterocycles. The van der Waals surface area contributed by atoms with Crippen LogP contribution in [0.2, 0.25) is 0 Å². The Morgan fingerprint density at radius 2 is 1.86 bits per heavy atom. The number of β-amino-alcohol motifs (C(OH)–C–C–N with tert-alkyl or cyclic N) is 1. The summed E-state index contributed by atoms with van der Waals surface area (Å²) in [4.78, 5) is 1.88. The highest BCUT2D eigenvalue weighted by atomic mass is 19.3. The highest BCUT2D eigenvalue weighted by Crippen LogP contribution is 2.34. The van der Waals surface area contributed by atoms with Gasteiger partial charge in [0.1, 0.15) is 18.5 Å². The average molecular weight is 403 g/mol. The predicted molar refractivity (Wildman–Crippen MR) is 109 cm³/mol. The van der Waals surface area contributed by atoms with E-state index >= 15 is 0 Å². The Labute approximate surface area is 169 Å². The van der Waals surface area contributed by atoms with E-state index in [9.17, 15) is 13.9 Å². The minimum atomic E-state index is -2.57. The maximum absolute atomic E-state index is 13.3. The third kappa shape index (κ3) is 4.94. The minimum Gasteiger partial charge on any atom is -0.490 e. The van der Waals surface area contributed by atoms with E-state index in [0.717, 1.165) is 29.5 Å². The highest BCUT2D eigenvalue weighted by Gasteiger charge is 2.34. The van der Waals surface area contributed by atoms with Crippen LogP contribution in [0.5, 0.6) is 5.75 Å². The molecule has 4 rings (SSSR count). The molecule has 2 aromatic rings. The summed E-state index contributed by atoms with van der Waals surface area (Å²) < 4.78 is 37.9. The van der Waals surface area contributed by atoms with Crippen LogP contribution < -0.4 is 4.74 Å². The van der Waals surface area contributed by atoms with Crippen molar-refractivity contribution in [3.8, 4) is 5.75 Å². The quantitative estimate of drug-likeness (QED) is 0.788. The molecule has 1 fully saturated rings. The molecule has 1 unspecified atom stereocenters. The number of aliphatic hydroxyl groups excluding tert-OH is 1. The Balaban J connectivity index is 1.43. The molecule has 2 aliphatic heterocycles. The Kier molecular flexibility index (Phi) is 6.13. The van der Waals surface area contributed by atoms with Crippen molar-refractivity contribution in [1.82, 2.24) is 4.90 Å². The monoisotopic (exact) mass is 403 g/mol. The lowest BCUT2D eigenvalue weighted by molar-refractivity contribution is -0.0628. The van der Waals surface area contributed by atoms with Crippen LogP contribution in [0.1, 0.15) is 24.8 Å². The molecule has 4 nitrogen and oxygen atoms in total. The number of piperidine rings is 1. The molecule has 156 valence electrons. The lowest BCUT2D eigenvalue weighted by Crippen LogP contribution is -2.44. The number of ether oxygens (including phenoxy) is 2. The summed E-state index contributed by atoms with van der Waals surface area (Å²) in [5, 5.41) is 12.5. The number of rotatable bonds is 6. The van der Waals surface area contributed by atoms with Gasteiger partial charge >= 0.3 is 0 Å². The zero-order chi connectivity index (χ0) is 20.3. The van der Waals surface area contributed by atoms with Gasteiger partial charge in [-0.1, -0.05) is 36.4 Å². The van der Waals surface area contributed by atoms with Crippen molar-refractivity contribution in [3.63, 3.8) is 0 Å². The van der Waals surface area contributed by atoms with Crippen molar-refractivity contribution < 1.29 is 23.4 Å². The Morgan fingerprint density at radius 1 is 1.10 bits per heavy atom. The maximum Gasteiger partial charge on any atom is 0.250 e. The Bertz CT molecular complexity index is 874. The minimum absolute atomic E-state index is 0.132. The number of benzene rings is 2. The molecular formula is C23H27F2NO3. The topological polar surface area (TPSA) is 41.9 Å². The molecule has 0 amide bonds. The van der Waals surface area contributed by atoms with E-state index < -0.39 is 12.0 Å². The average Bonchev–Trinajstić information content (AvgIpc) is 2.74. The summed E-state index contributed by atoms with van der Waals surface area (Å²) >= 11 is 0. The van der Waals surface area contributed by atoms with Crippen molar-refractivity contribution in [3.05, 3.63) is 48.0 Å². The lowest BCUT2D eigenvalue weighted by Gasteiger charge is -2.32. The smallest absolute Gasteiger partial charge is 0.250 e. The third-order valence-corrected chi connectivity index (χ3v) is 5.68. The summed E-state index contributed by atoms with van der Waals surface area (Å²) in [6, 6.07) is 12.1. The van der Waals surface area contributed by atoms with Gasteiger partial charge in [-0.15, -0.1) is 0 Å². The van der Waals surface area contributed by atoms with Gasteiger partial charge < -0.3 is 19.5 Å². The normalized spacial score (nSPS) is 21.0. The van der Waals surface area contributed by atoms with E-state index in [1.807, 2.05) is 29.2 Å². The van der Waals surface area contributed by atoms with E-state index in [1.165, 1.54) is 11.1 Å². The van der Waals surface area contributed by atoms with E-state index in [2.05, 4.69) is 18.2 Å². The first-order chi connectivity index (χ1) is 14.0. The second-order valence-corrected chi connectivity index (χ2v) is 7.83. The fourth-order valence-electron chi connectivity index (χ4n) is 4.05. The highest BCUT2D eigenvalue weighted by molar-refractivity contribution is 5.97. The number of hydrogen-bond acceptors (Lipinski definition) is 4. The first-order valence-corrected chi connectivity index (χ1v) is 10.2. The third-order valence-electron chi connectivity index (χ3n) is 5.68. The summed E-state index contributed by atoms with van der Waals surface area (Å²) in [5.74, 6) is -1.85. The van der Waals surface area contributed by atoms with E-state index in [-0.39, 0.29) is 19.4 Å². The predicted octanol–water partition coefficient (Wildman–Crippen LogP) is 4.11. The second kappa shape index (κ2) is 8.78. The molecule has 0 aliphatic carbocycles. The summed E-state index contributed by atoms with van der Waals surface area (Å²) in [6.45, 7) is 2.45. The zero-order valence-electron chi connectivity index (χ0n) is 16.4. The van der Waals surface area contributed by atoms with Crippen molar-refractivity contribution in [2.24, 2.45) is 0 Å². The van der Waals surface area contributed by atoms with E-state index in [1.54, 1.807) is 0 Å². The van der Waals surface area contributed by atoms with Crippen LogP contribution in [-0.4, -0.2) is 61.5 Å². The fraction of sp³-hybridized carbons (Fsp3) is 0.478. The molecule has 2 aromatic carbocycles. The van der Waals surface area contributed by atoms with Gasteiger partial charge in [0.25, 0.3) is 5.92 Å². The van der Waals surface area contributed by atoms with E-state index in [4.69, 9.17) is 9.47 Å². The van der Waals surface area contributed by atoms with Crippen LogP contribution >= 0.6 is 0 Å². The largest absolute Gasteiger partial charge is 0.490 e. The van der Waals surface area contributed by atoms with Crippen LogP contribution in [0.15, 0.2) is 42.5 Å². The van der Waals surface area contributed by atoms with Crippen molar-refractivity contribution in [2.75, 3.05) is 39.5 Å². The summed E-state index contributed by atoms with van der Waals surface area (Å²) in [6.07, 6.45) is 2.00. The number of hydrogen-bond donors (Lipinski definition) is 1. The van der Waals surface area contributed by atoms with Gasteiger partial charge in [0.2, 0.25) is 0 Å². The van der Waals surface area contributed by atoms with Gasteiger partial charge in [0, 0.05) is 37.9 Å². The van der Waals surface area contributed by atoms with Gasteiger partial charge in [0.05, 0.1) is 13.2 Å². The zero-order valence-corrected chi connectivity index (χ0v) is 16.4. The molecule has 0 spiro atoms. The number of alkyl halides is 2. The SMILES string of the molecule is OC(COc1ccc(C2=CCOCC2)c2ccccc12)CN1CCC(F)(F)CC1. The van der Waals surface area contributed by atoms with Gasteiger partial charge in [-0.2, -0.15) is 0 Å². The number of halogens is 2. The Hall–Kier alpha value is -2.02. The molecular weight excluding hydrogens is 376 g/mol. The standard InChI is InChI=1S/C23H27F2NO3/c24-23(25)9-11-26(12-10-23)15-18(27)16-29-22-6-5-19(17-7-13-28-14-8-17)20-3-1-2-4-21(20)22/h1-7,18,27H,8-16H2. The number of fused-ring (bicyclic) bond motifs is 1. The number of nitrogens with zero attached hydrogens (tertiary/aromatic N) is 1. The van der Waals surface area contributed by atoms with Gasteiger partial charge in [-0.25, -0.2) is 8.78 Å². The van der Waals surface area contributed by atoms with Gasteiger partial charge in [0.15, 0.2) is 0 Å². The number of likely N-dealkylation sites (tertiary alicyclic amines) is 1. The molecule has 1 N–H and O–H groups in total. The molecule has 0 radical (unpaired) electrons.